The van der Waals surface area contributed by atoms with Crippen LogP contribution in [0.25, 0.3) is 16.7 Å². The Labute approximate surface area is 131 Å². The Balaban J connectivity index is 1.43. The summed E-state index contributed by atoms with van der Waals surface area (Å²) < 4.78 is 1.92. The molecule has 0 bridgehead atoms. The van der Waals surface area contributed by atoms with Crippen LogP contribution in [0.1, 0.15) is 16.2 Å². The third-order valence-electron chi connectivity index (χ3n) is 3.70. The minimum Gasteiger partial charge on any atom is -0.352 e. The highest BCUT2D eigenvalue weighted by atomic mass is 16.1. The molecule has 1 aromatic carbocycles. The van der Waals surface area contributed by atoms with Crippen molar-refractivity contribution in [2.75, 3.05) is 6.54 Å². The van der Waals surface area contributed by atoms with Gasteiger partial charge in [0, 0.05) is 24.7 Å². The largest absolute Gasteiger partial charge is 0.352 e. The second kappa shape index (κ2) is 5.53. The normalized spacial score (nSPS) is 11.1. The SMILES string of the molecule is O=C(NCCc1nnc2ccccn12)c1ccc2nc[nH]c2c1. The topological polar surface area (TPSA) is 88.0 Å². The van der Waals surface area contributed by atoms with Crippen LogP contribution >= 0.6 is 0 Å². The Morgan fingerprint density at radius 1 is 1.22 bits per heavy atom. The van der Waals surface area contributed by atoms with E-state index < -0.39 is 0 Å². The highest BCUT2D eigenvalue weighted by Gasteiger charge is 2.08. The summed E-state index contributed by atoms with van der Waals surface area (Å²) in [6.07, 6.45) is 4.14. The van der Waals surface area contributed by atoms with E-state index in [0.717, 1.165) is 22.5 Å². The van der Waals surface area contributed by atoms with Crippen LogP contribution in [0.3, 0.4) is 0 Å². The predicted octanol–water partition coefficient (Wildman–Crippen LogP) is 1.58. The molecule has 0 spiro atoms. The Hall–Kier alpha value is -3.22. The van der Waals surface area contributed by atoms with Crippen molar-refractivity contribution in [1.82, 2.24) is 29.9 Å². The van der Waals surface area contributed by atoms with E-state index in [1.165, 1.54) is 0 Å². The number of rotatable bonds is 4. The highest BCUT2D eigenvalue weighted by Crippen LogP contribution is 2.11. The van der Waals surface area contributed by atoms with Gasteiger partial charge in [-0.3, -0.25) is 9.20 Å². The number of imidazole rings is 1. The molecule has 4 rings (SSSR count). The van der Waals surface area contributed by atoms with Gasteiger partial charge < -0.3 is 10.3 Å². The Morgan fingerprint density at radius 2 is 2.17 bits per heavy atom. The number of aromatic nitrogens is 5. The molecule has 0 aliphatic carbocycles. The summed E-state index contributed by atoms with van der Waals surface area (Å²) in [5.74, 6) is 0.709. The zero-order valence-electron chi connectivity index (χ0n) is 12.2. The van der Waals surface area contributed by atoms with Gasteiger partial charge in [-0.05, 0) is 30.3 Å². The minimum atomic E-state index is -0.115. The molecule has 0 saturated heterocycles. The van der Waals surface area contributed by atoms with Crippen LogP contribution < -0.4 is 5.32 Å². The number of carbonyl (C=O) groups excluding carboxylic acids is 1. The number of fused-ring (bicyclic) bond motifs is 2. The monoisotopic (exact) mass is 306 g/mol. The van der Waals surface area contributed by atoms with Crippen LogP contribution in [0.2, 0.25) is 0 Å². The molecule has 0 aliphatic rings. The first-order chi connectivity index (χ1) is 11.3. The van der Waals surface area contributed by atoms with Gasteiger partial charge in [0.15, 0.2) is 5.65 Å². The molecule has 0 unspecified atom stereocenters. The fraction of sp³-hybridized carbons (Fsp3) is 0.125. The standard InChI is InChI=1S/C16H14N6O/c23-16(11-4-5-12-13(9-11)19-10-18-12)17-7-6-15-21-20-14-3-1-2-8-22(14)15/h1-5,8-10H,6-7H2,(H,17,23)(H,18,19). The summed E-state index contributed by atoms with van der Waals surface area (Å²) in [6, 6.07) is 11.1. The van der Waals surface area contributed by atoms with E-state index in [-0.39, 0.29) is 5.91 Å². The van der Waals surface area contributed by atoms with Gasteiger partial charge >= 0.3 is 0 Å². The zero-order valence-corrected chi connectivity index (χ0v) is 12.2. The number of H-pyrrole nitrogens is 1. The van der Waals surface area contributed by atoms with Gasteiger partial charge in [0.25, 0.3) is 5.91 Å². The maximum absolute atomic E-state index is 12.2. The smallest absolute Gasteiger partial charge is 0.251 e. The number of pyridine rings is 1. The number of hydrogen-bond acceptors (Lipinski definition) is 4. The van der Waals surface area contributed by atoms with Crippen molar-refractivity contribution in [2.24, 2.45) is 0 Å². The van der Waals surface area contributed by atoms with Crippen molar-refractivity contribution in [2.45, 2.75) is 6.42 Å². The molecule has 0 aliphatic heterocycles. The van der Waals surface area contributed by atoms with Crippen LogP contribution in [0, 0.1) is 0 Å². The summed E-state index contributed by atoms with van der Waals surface area (Å²) in [5.41, 5.74) is 3.10. The van der Waals surface area contributed by atoms with Crippen LogP contribution in [-0.4, -0.2) is 37.0 Å². The summed E-state index contributed by atoms with van der Waals surface area (Å²) in [4.78, 5) is 19.4. The summed E-state index contributed by atoms with van der Waals surface area (Å²) in [7, 11) is 0. The van der Waals surface area contributed by atoms with Crippen molar-refractivity contribution in [3.8, 4) is 0 Å². The Kier molecular flexibility index (Phi) is 3.23. The fourth-order valence-corrected chi connectivity index (χ4v) is 2.53. The molecule has 4 aromatic rings. The molecular weight excluding hydrogens is 292 g/mol. The van der Waals surface area contributed by atoms with Gasteiger partial charge in [0.05, 0.1) is 17.4 Å². The lowest BCUT2D eigenvalue weighted by atomic mass is 10.2. The van der Waals surface area contributed by atoms with Gasteiger partial charge in [-0.2, -0.15) is 0 Å². The van der Waals surface area contributed by atoms with E-state index in [2.05, 4.69) is 25.5 Å². The first kappa shape index (κ1) is 13.4. The summed E-state index contributed by atoms with van der Waals surface area (Å²) in [6.45, 7) is 0.496. The Bertz CT molecular complexity index is 986. The highest BCUT2D eigenvalue weighted by molar-refractivity contribution is 5.97. The number of nitrogens with zero attached hydrogens (tertiary/aromatic N) is 4. The quantitative estimate of drug-likeness (QED) is 0.599. The second-order valence-electron chi connectivity index (χ2n) is 5.19. The van der Waals surface area contributed by atoms with Crippen LogP contribution in [0.5, 0.6) is 0 Å². The van der Waals surface area contributed by atoms with E-state index in [1.54, 1.807) is 18.5 Å². The third-order valence-corrected chi connectivity index (χ3v) is 3.70. The zero-order chi connectivity index (χ0) is 15.6. The lowest BCUT2D eigenvalue weighted by Gasteiger charge is -2.04. The Morgan fingerprint density at radius 3 is 3.13 bits per heavy atom. The van der Waals surface area contributed by atoms with E-state index >= 15 is 0 Å². The number of hydrogen-bond donors (Lipinski definition) is 2. The van der Waals surface area contributed by atoms with Crippen molar-refractivity contribution in [3.63, 3.8) is 0 Å². The predicted molar refractivity (Wildman–Crippen MR) is 85.1 cm³/mol. The molecule has 3 aromatic heterocycles. The van der Waals surface area contributed by atoms with Crippen LogP contribution in [-0.2, 0) is 6.42 Å². The average molecular weight is 306 g/mol. The van der Waals surface area contributed by atoms with Crippen molar-refractivity contribution in [1.29, 1.82) is 0 Å². The molecule has 2 N–H and O–H groups in total. The molecule has 0 fully saturated rings. The maximum Gasteiger partial charge on any atom is 0.251 e. The second-order valence-corrected chi connectivity index (χ2v) is 5.19. The molecular formula is C16H14N6O. The molecule has 7 heteroatoms. The van der Waals surface area contributed by atoms with Gasteiger partial charge in [-0.15, -0.1) is 10.2 Å². The van der Waals surface area contributed by atoms with Crippen LogP contribution in [0.4, 0.5) is 0 Å². The van der Waals surface area contributed by atoms with E-state index in [4.69, 9.17) is 0 Å². The lowest BCUT2D eigenvalue weighted by molar-refractivity contribution is 0.0954. The molecule has 23 heavy (non-hydrogen) atoms. The minimum absolute atomic E-state index is 0.115. The number of carbonyl (C=O) groups is 1. The lowest BCUT2D eigenvalue weighted by Crippen LogP contribution is -2.26. The summed E-state index contributed by atoms with van der Waals surface area (Å²) in [5, 5.41) is 11.1. The number of benzene rings is 1. The molecule has 3 heterocycles. The fourth-order valence-electron chi connectivity index (χ4n) is 2.53. The van der Waals surface area contributed by atoms with Crippen molar-refractivity contribution >= 4 is 22.6 Å². The van der Waals surface area contributed by atoms with Gasteiger partial charge in [0.1, 0.15) is 5.82 Å². The molecule has 1 amide bonds. The first-order valence-electron chi connectivity index (χ1n) is 7.31. The molecule has 0 atom stereocenters. The first-order valence-corrected chi connectivity index (χ1v) is 7.31. The molecule has 114 valence electrons. The van der Waals surface area contributed by atoms with E-state index in [0.29, 0.717) is 18.5 Å². The maximum atomic E-state index is 12.2. The number of amides is 1. The van der Waals surface area contributed by atoms with Gasteiger partial charge in [-0.25, -0.2) is 4.98 Å². The van der Waals surface area contributed by atoms with E-state index in [1.807, 2.05) is 34.9 Å². The van der Waals surface area contributed by atoms with Gasteiger partial charge in [-0.1, -0.05) is 6.07 Å². The van der Waals surface area contributed by atoms with E-state index in [9.17, 15) is 4.79 Å². The molecule has 0 saturated carbocycles. The number of aromatic amines is 1. The van der Waals surface area contributed by atoms with Crippen molar-refractivity contribution < 1.29 is 4.79 Å². The van der Waals surface area contributed by atoms with Crippen LogP contribution in [0.15, 0.2) is 48.9 Å². The number of nitrogens with one attached hydrogen (secondary N) is 2. The molecule has 0 radical (unpaired) electrons. The third kappa shape index (κ3) is 2.52. The van der Waals surface area contributed by atoms with Gasteiger partial charge in [0.2, 0.25) is 0 Å². The average Bonchev–Trinajstić information content (AvgIpc) is 3.21. The molecule has 7 nitrogen and oxygen atoms in total. The summed E-state index contributed by atoms with van der Waals surface area (Å²) >= 11 is 0. The van der Waals surface area contributed by atoms with Crippen molar-refractivity contribution in [3.05, 3.63) is 60.3 Å².